The first kappa shape index (κ1) is 15.2. The summed E-state index contributed by atoms with van der Waals surface area (Å²) in [4.78, 5) is 16.7. The molecule has 2 aromatic heterocycles. The Morgan fingerprint density at radius 3 is 3.18 bits per heavy atom. The summed E-state index contributed by atoms with van der Waals surface area (Å²) < 4.78 is 0. The minimum Gasteiger partial charge on any atom is -0.351 e. The lowest BCUT2D eigenvalue weighted by Crippen LogP contribution is -2.27. The Bertz CT molecular complexity index is 661. The molecule has 1 aliphatic rings. The third-order valence-corrected chi connectivity index (χ3v) is 5.15. The summed E-state index contributed by atoms with van der Waals surface area (Å²) in [5.74, 6) is 0.576. The maximum Gasteiger partial charge on any atom is 0.272 e. The van der Waals surface area contributed by atoms with Gasteiger partial charge in [0.1, 0.15) is 0 Å². The molecule has 0 fully saturated rings. The molecule has 0 unspecified atom stereocenters. The van der Waals surface area contributed by atoms with E-state index in [2.05, 4.69) is 32.8 Å². The maximum absolute atomic E-state index is 12.3. The molecule has 1 atom stereocenters. The van der Waals surface area contributed by atoms with E-state index in [1.165, 1.54) is 6.42 Å². The number of hydrogen-bond donors (Lipinski definition) is 2. The molecule has 0 saturated heterocycles. The number of H-pyrrole nitrogens is 1. The Kier molecular flexibility index (Phi) is 4.57. The van der Waals surface area contributed by atoms with E-state index in [1.807, 2.05) is 6.92 Å². The van der Waals surface area contributed by atoms with Crippen LogP contribution in [0, 0.1) is 12.8 Å². The van der Waals surface area contributed by atoms with Crippen LogP contribution in [0.5, 0.6) is 0 Å². The van der Waals surface area contributed by atoms with Crippen LogP contribution in [0.25, 0.3) is 0 Å². The molecule has 2 N–H and O–H groups in total. The first-order valence-corrected chi connectivity index (χ1v) is 8.76. The van der Waals surface area contributed by atoms with Gasteiger partial charge < -0.3 is 5.32 Å². The van der Waals surface area contributed by atoms with Gasteiger partial charge in [-0.1, -0.05) is 6.92 Å². The Labute approximate surface area is 134 Å². The number of thiazole rings is 1. The fourth-order valence-corrected chi connectivity index (χ4v) is 3.72. The van der Waals surface area contributed by atoms with Crippen LogP contribution in [0.4, 0.5) is 0 Å². The predicted octanol–water partition coefficient (Wildman–Crippen LogP) is 2.66. The van der Waals surface area contributed by atoms with Crippen molar-refractivity contribution in [3.63, 3.8) is 0 Å². The lowest BCUT2D eigenvalue weighted by atomic mass is 9.87. The number of nitrogens with zero attached hydrogens (tertiary/aromatic N) is 2. The van der Waals surface area contributed by atoms with Gasteiger partial charge in [0.15, 0.2) is 5.69 Å². The average Bonchev–Trinajstić information content (AvgIpc) is 3.09. The smallest absolute Gasteiger partial charge is 0.272 e. The molecule has 0 bridgehead atoms. The topological polar surface area (TPSA) is 70.7 Å². The number of hydrogen-bond acceptors (Lipinski definition) is 4. The highest BCUT2D eigenvalue weighted by atomic mass is 32.1. The van der Waals surface area contributed by atoms with Gasteiger partial charge in [-0.25, -0.2) is 4.98 Å². The van der Waals surface area contributed by atoms with Gasteiger partial charge in [0.05, 0.1) is 5.01 Å². The second-order valence-electron chi connectivity index (χ2n) is 6.12. The number of aromatic nitrogens is 3. The second kappa shape index (κ2) is 6.60. The lowest BCUT2D eigenvalue weighted by Gasteiger charge is -2.17. The molecule has 0 spiro atoms. The number of carbonyl (C=O) groups is 1. The number of amides is 1. The van der Waals surface area contributed by atoms with Crippen molar-refractivity contribution in [2.24, 2.45) is 5.92 Å². The van der Waals surface area contributed by atoms with Crippen LogP contribution in [-0.2, 0) is 19.3 Å². The Balaban J connectivity index is 1.51. The maximum atomic E-state index is 12.3. The number of nitrogens with one attached hydrogen (secondary N) is 2. The highest BCUT2D eigenvalue weighted by Crippen LogP contribution is 2.26. The zero-order chi connectivity index (χ0) is 15.5. The van der Waals surface area contributed by atoms with Gasteiger partial charge in [-0.3, -0.25) is 9.89 Å². The highest BCUT2D eigenvalue weighted by Gasteiger charge is 2.24. The van der Waals surface area contributed by atoms with Gasteiger partial charge in [0, 0.05) is 35.3 Å². The summed E-state index contributed by atoms with van der Waals surface area (Å²) >= 11 is 1.68. The van der Waals surface area contributed by atoms with Crippen molar-refractivity contribution in [1.29, 1.82) is 0 Å². The van der Waals surface area contributed by atoms with Crippen molar-refractivity contribution in [2.45, 2.75) is 46.0 Å². The van der Waals surface area contributed by atoms with E-state index in [1.54, 1.807) is 11.3 Å². The van der Waals surface area contributed by atoms with E-state index in [0.29, 0.717) is 18.2 Å². The first-order valence-electron chi connectivity index (χ1n) is 7.89. The minimum absolute atomic E-state index is 0.0538. The van der Waals surface area contributed by atoms with Gasteiger partial charge in [-0.2, -0.15) is 5.10 Å². The molecule has 2 aromatic rings. The molecule has 5 nitrogen and oxygen atoms in total. The van der Waals surface area contributed by atoms with Crippen molar-refractivity contribution < 1.29 is 4.79 Å². The highest BCUT2D eigenvalue weighted by molar-refractivity contribution is 7.09. The van der Waals surface area contributed by atoms with Gasteiger partial charge in [-0.15, -0.1) is 11.3 Å². The summed E-state index contributed by atoms with van der Waals surface area (Å²) in [5.41, 5.74) is 3.92. The van der Waals surface area contributed by atoms with Crippen LogP contribution < -0.4 is 5.32 Å². The molecule has 118 valence electrons. The average molecular weight is 318 g/mol. The molecule has 0 saturated carbocycles. The fraction of sp³-hybridized carbons (Fsp3) is 0.562. The molecule has 6 heteroatoms. The van der Waals surface area contributed by atoms with Gasteiger partial charge >= 0.3 is 0 Å². The zero-order valence-electron chi connectivity index (χ0n) is 13.1. The van der Waals surface area contributed by atoms with Crippen LogP contribution >= 0.6 is 11.3 Å². The van der Waals surface area contributed by atoms with Gasteiger partial charge in [-0.05, 0) is 38.5 Å². The largest absolute Gasteiger partial charge is 0.351 e. The predicted molar refractivity (Wildman–Crippen MR) is 87.3 cm³/mol. The van der Waals surface area contributed by atoms with E-state index in [9.17, 15) is 4.79 Å². The van der Waals surface area contributed by atoms with Gasteiger partial charge in [0.25, 0.3) is 5.91 Å². The summed E-state index contributed by atoms with van der Waals surface area (Å²) in [5, 5.41) is 13.4. The molecule has 1 aliphatic carbocycles. The SMILES string of the molecule is Cc1csc(CCCNC(=O)c2n[nH]c3c2C[C@H](C)CC3)n1. The number of carbonyl (C=O) groups excluding carboxylic acids is 1. The van der Waals surface area contributed by atoms with E-state index < -0.39 is 0 Å². The van der Waals surface area contributed by atoms with Crippen molar-refractivity contribution in [1.82, 2.24) is 20.5 Å². The normalized spacial score (nSPS) is 17.3. The molecule has 3 rings (SSSR count). The molecular formula is C16H22N4OS. The van der Waals surface area contributed by atoms with E-state index in [4.69, 9.17) is 0 Å². The number of aromatic amines is 1. The number of aryl methyl sites for hydroxylation is 3. The Morgan fingerprint density at radius 1 is 1.55 bits per heavy atom. The molecule has 2 heterocycles. The second-order valence-corrected chi connectivity index (χ2v) is 7.06. The lowest BCUT2D eigenvalue weighted by molar-refractivity contribution is 0.0947. The third kappa shape index (κ3) is 3.38. The summed E-state index contributed by atoms with van der Waals surface area (Å²) in [7, 11) is 0. The van der Waals surface area contributed by atoms with Crippen LogP contribution in [0.1, 0.15) is 52.2 Å². The minimum atomic E-state index is -0.0538. The monoisotopic (exact) mass is 318 g/mol. The van der Waals surface area contributed by atoms with E-state index in [-0.39, 0.29) is 5.91 Å². The molecule has 0 aliphatic heterocycles. The Hall–Kier alpha value is -1.69. The standard InChI is InChI=1S/C16H22N4OS/c1-10-5-6-13-12(8-10)15(20-19-13)16(21)17-7-3-4-14-18-11(2)9-22-14/h9-10H,3-8H2,1-2H3,(H,17,21)(H,19,20)/t10-/m1/s1. The van der Waals surface area contributed by atoms with E-state index in [0.717, 1.165) is 47.6 Å². The van der Waals surface area contributed by atoms with Crippen molar-refractivity contribution in [3.05, 3.63) is 33.0 Å². The summed E-state index contributed by atoms with van der Waals surface area (Å²) in [6.07, 6.45) is 4.94. The molecule has 1 amide bonds. The number of fused-ring (bicyclic) bond motifs is 1. The molecule has 22 heavy (non-hydrogen) atoms. The molecule has 0 aromatic carbocycles. The molecule has 0 radical (unpaired) electrons. The summed E-state index contributed by atoms with van der Waals surface area (Å²) in [6, 6.07) is 0. The zero-order valence-corrected chi connectivity index (χ0v) is 13.9. The van der Waals surface area contributed by atoms with Crippen LogP contribution in [0.15, 0.2) is 5.38 Å². The van der Waals surface area contributed by atoms with Crippen LogP contribution in [0.3, 0.4) is 0 Å². The van der Waals surface area contributed by atoms with Crippen molar-refractivity contribution in [2.75, 3.05) is 6.54 Å². The molecular weight excluding hydrogens is 296 g/mol. The quantitative estimate of drug-likeness (QED) is 0.833. The first-order chi connectivity index (χ1) is 10.6. The Morgan fingerprint density at radius 2 is 2.41 bits per heavy atom. The van der Waals surface area contributed by atoms with Crippen molar-refractivity contribution in [3.8, 4) is 0 Å². The van der Waals surface area contributed by atoms with E-state index >= 15 is 0 Å². The van der Waals surface area contributed by atoms with Crippen molar-refractivity contribution >= 4 is 17.2 Å². The third-order valence-electron chi connectivity index (χ3n) is 4.13. The van der Waals surface area contributed by atoms with Gasteiger partial charge in [0.2, 0.25) is 0 Å². The summed E-state index contributed by atoms with van der Waals surface area (Å²) in [6.45, 7) is 4.89. The number of rotatable bonds is 5. The van der Waals surface area contributed by atoms with Crippen LogP contribution in [-0.4, -0.2) is 27.6 Å². The fourth-order valence-electron chi connectivity index (χ4n) is 2.90. The van der Waals surface area contributed by atoms with Crippen LogP contribution in [0.2, 0.25) is 0 Å².